The maximum absolute atomic E-state index is 12.3. The smallest absolute Gasteiger partial charge is 0.335 e. The van der Waals surface area contributed by atoms with E-state index in [-0.39, 0.29) is 32.5 Å². The highest BCUT2D eigenvalue weighted by Crippen LogP contribution is 2.22. The molecule has 1 rings (SSSR count). The van der Waals surface area contributed by atoms with Crippen LogP contribution in [0.1, 0.15) is 59.3 Å². The summed E-state index contributed by atoms with van der Waals surface area (Å²) in [5.74, 6) is -1.77. The number of carbonyl (C=O) groups excluding carboxylic acids is 3. The zero-order chi connectivity index (χ0) is 32.9. The Morgan fingerprint density at radius 2 is 1.27 bits per heavy atom. The molecule has 0 unspecified atom stereocenters. The van der Waals surface area contributed by atoms with Crippen LogP contribution in [0.5, 0.6) is 0 Å². The Morgan fingerprint density at radius 1 is 0.756 bits per heavy atom. The molecule has 0 aromatic carbocycles. The Labute approximate surface area is 267 Å². The van der Waals surface area contributed by atoms with Crippen molar-refractivity contribution in [2.24, 2.45) is 10.4 Å². The molecule has 0 aromatic heterocycles. The number of hydrogen-bond acceptors (Lipinski definition) is 14. The topological polar surface area (TPSA) is 165 Å². The van der Waals surface area contributed by atoms with Gasteiger partial charge in [0.15, 0.2) is 6.40 Å². The number of rotatable bonds is 32. The summed E-state index contributed by atoms with van der Waals surface area (Å²) in [4.78, 5) is 44.9. The van der Waals surface area contributed by atoms with E-state index < -0.39 is 23.2 Å². The highest BCUT2D eigenvalue weighted by molar-refractivity contribution is 6.01. The summed E-state index contributed by atoms with van der Waals surface area (Å²) >= 11 is 0. The molecule has 1 heterocycles. The largest absolute Gasteiger partial charge is 0.484 e. The Bertz CT molecular complexity index is 768. The number of nitrogens with one attached hydrogen (secondary N) is 2. The van der Waals surface area contributed by atoms with Crippen LogP contribution in [-0.4, -0.2) is 135 Å². The number of hydroxylamine groups is 2. The molecule has 0 bridgehead atoms. The van der Waals surface area contributed by atoms with Crippen molar-refractivity contribution >= 4 is 24.2 Å². The highest BCUT2D eigenvalue weighted by atomic mass is 16.7. The first kappa shape index (κ1) is 40.8. The molecule has 45 heavy (non-hydrogen) atoms. The lowest BCUT2D eigenvalue weighted by atomic mass is 9.92. The molecule has 1 aliphatic heterocycles. The molecule has 262 valence electrons. The third-order valence-electron chi connectivity index (χ3n) is 6.27. The first-order chi connectivity index (χ1) is 22.0. The average Bonchev–Trinajstić information content (AvgIpc) is 3.35. The molecule has 15 nitrogen and oxygen atoms in total. The summed E-state index contributed by atoms with van der Waals surface area (Å²) in [5.41, 5.74) is -0.656. The number of ether oxygens (including phenoxy) is 7. The Kier molecular flexibility index (Phi) is 25.4. The van der Waals surface area contributed by atoms with Crippen LogP contribution in [0, 0.1) is 5.41 Å². The van der Waals surface area contributed by atoms with Crippen molar-refractivity contribution in [2.45, 2.75) is 59.3 Å². The van der Waals surface area contributed by atoms with Crippen LogP contribution < -0.4 is 10.6 Å². The third-order valence-corrected chi connectivity index (χ3v) is 6.27. The SMILES string of the molecule is CCOC=NCCCOCC(COCCCNCOCC)(COCCCNCOCC)COCCC(=O)ON1C(=O)CCC1=O. The van der Waals surface area contributed by atoms with Crippen LogP contribution in [-0.2, 0) is 52.4 Å². The molecular formula is C30H56N4O11. The second-order valence-corrected chi connectivity index (χ2v) is 10.3. The normalized spacial score (nSPS) is 13.8. The Morgan fingerprint density at radius 3 is 1.78 bits per heavy atom. The second-order valence-electron chi connectivity index (χ2n) is 10.3. The average molecular weight is 649 g/mol. The fourth-order valence-corrected chi connectivity index (χ4v) is 3.89. The standard InChI is InChI=1S/C30H56N4O11/c1-4-38-24-31-13-7-16-41-20-30(21-42-17-8-14-32-25-39-5-2,22-43-18-9-15-33-26-40-6-3)23-44-19-12-29(37)45-34-27(35)10-11-28(34)36/h24,32-33H,4-23,25-26H2,1-3H3. The van der Waals surface area contributed by atoms with Gasteiger partial charge in [-0.05, 0) is 53.1 Å². The van der Waals surface area contributed by atoms with Gasteiger partial charge in [-0.3, -0.25) is 25.2 Å². The number of aliphatic imine (C=N–C) groups is 1. The van der Waals surface area contributed by atoms with E-state index in [2.05, 4.69) is 15.6 Å². The second kappa shape index (κ2) is 28.0. The van der Waals surface area contributed by atoms with Gasteiger partial charge in [0.05, 0.1) is 64.9 Å². The van der Waals surface area contributed by atoms with Gasteiger partial charge in [0.25, 0.3) is 11.8 Å². The summed E-state index contributed by atoms with van der Waals surface area (Å²) in [6.45, 7) is 13.3. The Hall–Kier alpha value is -2.24. The monoisotopic (exact) mass is 648 g/mol. The van der Waals surface area contributed by atoms with Gasteiger partial charge in [-0.25, -0.2) is 4.79 Å². The molecule has 0 spiro atoms. The van der Waals surface area contributed by atoms with Gasteiger partial charge in [0.1, 0.15) is 0 Å². The quantitative estimate of drug-likeness (QED) is 0.0354. The zero-order valence-electron chi connectivity index (χ0n) is 27.5. The first-order valence-corrected chi connectivity index (χ1v) is 16.0. The van der Waals surface area contributed by atoms with Crippen molar-refractivity contribution in [1.82, 2.24) is 15.7 Å². The van der Waals surface area contributed by atoms with Crippen molar-refractivity contribution in [2.75, 3.05) is 106 Å². The van der Waals surface area contributed by atoms with E-state index in [9.17, 15) is 14.4 Å². The first-order valence-electron chi connectivity index (χ1n) is 16.0. The lowest BCUT2D eigenvalue weighted by Crippen LogP contribution is -2.42. The van der Waals surface area contributed by atoms with Crippen LogP contribution in [0.4, 0.5) is 0 Å². The van der Waals surface area contributed by atoms with E-state index >= 15 is 0 Å². The molecule has 1 fully saturated rings. The highest BCUT2D eigenvalue weighted by Gasteiger charge is 2.34. The van der Waals surface area contributed by atoms with Crippen molar-refractivity contribution < 1.29 is 52.4 Å². The fraction of sp³-hybridized carbons (Fsp3) is 0.867. The molecule has 2 N–H and O–H groups in total. The number of amides is 2. The molecule has 0 atom stereocenters. The molecule has 1 saturated heterocycles. The molecule has 15 heteroatoms. The third kappa shape index (κ3) is 21.2. The lowest BCUT2D eigenvalue weighted by molar-refractivity contribution is -0.198. The summed E-state index contributed by atoms with van der Waals surface area (Å²) in [6.07, 6.45) is 3.67. The molecule has 0 aliphatic carbocycles. The number of nitrogens with zero attached hydrogens (tertiary/aromatic N) is 2. The summed E-state index contributed by atoms with van der Waals surface area (Å²) in [7, 11) is 0. The van der Waals surface area contributed by atoms with Crippen molar-refractivity contribution in [1.29, 1.82) is 0 Å². The number of carbonyl (C=O) groups is 3. The summed E-state index contributed by atoms with van der Waals surface area (Å²) in [6, 6.07) is 0. The minimum atomic E-state index is -0.723. The van der Waals surface area contributed by atoms with Gasteiger partial charge in [-0.2, -0.15) is 0 Å². The van der Waals surface area contributed by atoms with E-state index in [0.717, 1.165) is 25.9 Å². The van der Waals surface area contributed by atoms with Gasteiger partial charge in [0, 0.05) is 52.4 Å². The number of hydrogen-bond donors (Lipinski definition) is 2. The maximum atomic E-state index is 12.3. The van der Waals surface area contributed by atoms with Gasteiger partial charge in [0.2, 0.25) is 0 Å². The van der Waals surface area contributed by atoms with Crippen LogP contribution in [0.2, 0.25) is 0 Å². The van der Waals surface area contributed by atoms with Crippen molar-refractivity contribution in [3.8, 4) is 0 Å². The van der Waals surface area contributed by atoms with E-state index in [1.54, 1.807) is 0 Å². The fourth-order valence-electron chi connectivity index (χ4n) is 3.89. The summed E-state index contributed by atoms with van der Waals surface area (Å²) in [5, 5.41) is 6.93. The Balaban J connectivity index is 2.71. The molecule has 2 amide bonds. The van der Waals surface area contributed by atoms with Crippen molar-refractivity contribution in [3.05, 3.63) is 0 Å². The van der Waals surface area contributed by atoms with E-state index in [4.69, 9.17) is 38.0 Å². The van der Waals surface area contributed by atoms with Crippen LogP contribution in [0.3, 0.4) is 0 Å². The molecule has 0 radical (unpaired) electrons. The van der Waals surface area contributed by atoms with Crippen LogP contribution >= 0.6 is 0 Å². The van der Waals surface area contributed by atoms with Gasteiger partial charge in [-0.15, -0.1) is 5.06 Å². The minimum absolute atomic E-state index is 0.0195. The van der Waals surface area contributed by atoms with E-state index in [1.807, 2.05) is 20.8 Å². The van der Waals surface area contributed by atoms with E-state index in [1.165, 1.54) is 6.40 Å². The summed E-state index contributed by atoms with van der Waals surface area (Å²) < 4.78 is 39.9. The molecular weight excluding hydrogens is 592 g/mol. The van der Waals surface area contributed by atoms with Crippen molar-refractivity contribution in [3.63, 3.8) is 0 Å². The molecule has 1 aliphatic rings. The lowest BCUT2D eigenvalue weighted by Gasteiger charge is -2.33. The predicted molar refractivity (Wildman–Crippen MR) is 165 cm³/mol. The predicted octanol–water partition coefficient (Wildman–Crippen LogP) is 1.44. The van der Waals surface area contributed by atoms with Crippen LogP contribution in [0.15, 0.2) is 4.99 Å². The zero-order valence-corrected chi connectivity index (χ0v) is 27.5. The van der Waals surface area contributed by atoms with Crippen LogP contribution in [0.25, 0.3) is 0 Å². The number of imide groups is 1. The minimum Gasteiger partial charge on any atom is -0.484 e. The molecule has 0 aromatic rings. The van der Waals surface area contributed by atoms with Gasteiger partial charge < -0.3 is 38.0 Å². The molecule has 0 saturated carbocycles. The van der Waals surface area contributed by atoms with E-state index in [0.29, 0.717) is 91.0 Å². The van der Waals surface area contributed by atoms with Gasteiger partial charge >= 0.3 is 5.97 Å². The van der Waals surface area contributed by atoms with Gasteiger partial charge in [-0.1, -0.05) is 0 Å². The maximum Gasteiger partial charge on any atom is 0.335 e.